The summed E-state index contributed by atoms with van der Waals surface area (Å²) in [5.74, 6) is 1.01. The maximum atomic E-state index is 12.3. The molecular formula is C24H23N3O4S. The zero-order valence-corrected chi connectivity index (χ0v) is 18.9. The molecule has 0 aliphatic rings. The first-order valence-corrected chi connectivity index (χ1v) is 10.9. The maximum absolute atomic E-state index is 12.3. The number of nitrogens with one attached hydrogen (secondary N) is 1. The molecule has 1 amide bonds. The fraction of sp³-hybridized carbons (Fsp3) is 0.208. The molecule has 0 radical (unpaired) electrons. The topological polar surface area (TPSA) is 81.9 Å². The Balaban J connectivity index is 1.41. The molecule has 0 saturated heterocycles. The standard InChI is InChI=1S/C24H23N3O4S/c1-15-6-4-5-7-20(15)31-14-22(28)25-18-9-8-16(2)21(10-18)30-13-19-11-23(29)27-12-17(3)32-24(27)26-19/h4-12H,13-14H2,1-3H3,(H,25,28). The molecule has 0 atom stereocenters. The second-order valence-corrected chi connectivity index (χ2v) is 8.66. The highest BCUT2D eigenvalue weighted by atomic mass is 32.1. The van der Waals surface area contributed by atoms with Crippen molar-refractivity contribution in [3.8, 4) is 11.5 Å². The highest BCUT2D eigenvalue weighted by Gasteiger charge is 2.10. The predicted molar refractivity (Wildman–Crippen MR) is 125 cm³/mol. The molecule has 1 N–H and O–H groups in total. The van der Waals surface area contributed by atoms with Gasteiger partial charge in [-0.1, -0.05) is 24.3 Å². The van der Waals surface area contributed by atoms with Gasteiger partial charge in [0.05, 0.1) is 5.69 Å². The van der Waals surface area contributed by atoms with E-state index in [4.69, 9.17) is 9.47 Å². The molecule has 0 bridgehead atoms. The van der Waals surface area contributed by atoms with E-state index in [1.54, 1.807) is 18.3 Å². The number of para-hydroxylation sites is 1. The zero-order chi connectivity index (χ0) is 22.7. The number of ether oxygens (including phenoxy) is 2. The summed E-state index contributed by atoms with van der Waals surface area (Å²) in [6.07, 6.45) is 1.78. The fourth-order valence-electron chi connectivity index (χ4n) is 3.18. The highest BCUT2D eigenvalue weighted by Crippen LogP contribution is 2.24. The summed E-state index contributed by atoms with van der Waals surface area (Å²) in [6.45, 7) is 5.83. The van der Waals surface area contributed by atoms with Crippen LogP contribution in [0.1, 0.15) is 21.7 Å². The molecule has 32 heavy (non-hydrogen) atoms. The minimum atomic E-state index is -0.267. The number of rotatable bonds is 7. The van der Waals surface area contributed by atoms with Crippen LogP contribution < -0.4 is 20.3 Å². The van der Waals surface area contributed by atoms with Crippen LogP contribution in [0.3, 0.4) is 0 Å². The monoisotopic (exact) mass is 449 g/mol. The van der Waals surface area contributed by atoms with Gasteiger partial charge in [-0.25, -0.2) is 4.98 Å². The van der Waals surface area contributed by atoms with Crippen molar-refractivity contribution in [1.29, 1.82) is 0 Å². The molecular weight excluding hydrogens is 426 g/mol. The summed E-state index contributed by atoms with van der Waals surface area (Å²) in [4.78, 5) is 30.7. The molecule has 2 aromatic carbocycles. The van der Waals surface area contributed by atoms with Gasteiger partial charge < -0.3 is 14.8 Å². The molecule has 0 fully saturated rings. The lowest BCUT2D eigenvalue weighted by molar-refractivity contribution is -0.118. The van der Waals surface area contributed by atoms with Crippen LogP contribution in [0.2, 0.25) is 0 Å². The van der Waals surface area contributed by atoms with Crippen LogP contribution >= 0.6 is 11.3 Å². The summed E-state index contributed by atoms with van der Waals surface area (Å²) in [5, 5.41) is 2.82. The van der Waals surface area contributed by atoms with Gasteiger partial charge in [-0.05, 0) is 44.0 Å². The summed E-state index contributed by atoms with van der Waals surface area (Å²) in [5.41, 5.74) is 2.89. The quantitative estimate of drug-likeness (QED) is 0.455. The predicted octanol–water partition coefficient (Wildman–Crippen LogP) is 4.28. The number of benzene rings is 2. The van der Waals surface area contributed by atoms with Crippen molar-refractivity contribution in [2.24, 2.45) is 0 Å². The molecule has 4 rings (SSSR count). The first-order chi connectivity index (χ1) is 15.4. The van der Waals surface area contributed by atoms with Gasteiger partial charge in [0.1, 0.15) is 18.1 Å². The second kappa shape index (κ2) is 9.23. The van der Waals surface area contributed by atoms with Crippen LogP contribution in [0.4, 0.5) is 5.69 Å². The Labute approximate surface area is 189 Å². The first-order valence-electron chi connectivity index (χ1n) is 10.1. The molecule has 0 saturated carbocycles. The number of amides is 1. The Hall–Kier alpha value is -3.65. The van der Waals surface area contributed by atoms with Crippen molar-refractivity contribution >= 4 is 27.9 Å². The fourth-order valence-corrected chi connectivity index (χ4v) is 4.03. The van der Waals surface area contributed by atoms with Crippen molar-refractivity contribution in [2.75, 3.05) is 11.9 Å². The van der Waals surface area contributed by atoms with Crippen LogP contribution in [0.15, 0.2) is 59.5 Å². The van der Waals surface area contributed by atoms with E-state index in [1.165, 1.54) is 21.8 Å². The molecule has 0 spiro atoms. The van der Waals surface area contributed by atoms with E-state index >= 15 is 0 Å². The van der Waals surface area contributed by atoms with Gasteiger partial charge in [0.15, 0.2) is 11.6 Å². The number of carbonyl (C=O) groups is 1. The number of hydrogen-bond acceptors (Lipinski definition) is 6. The van der Waals surface area contributed by atoms with Crippen LogP contribution in [-0.4, -0.2) is 21.9 Å². The van der Waals surface area contributed by atoms with Gasteiger partial charge in [-0.2, -0.15) is 0 Å². The second-order valence-electron chi connectivity index (χ2n) is 7.45. The Morgan fingerprint density at radius 3 is 2.62 bits per heavy atom. The number of carbonyl (C=O) groups excluding carboxylic acids is 1. The number of nitrogens with zero attached hydrogens (tertiary/aromatic N) is 2. The summed E-state index contributed by atoms with van der Waals surface area (Å²) in [6, 6.07) is 14.4. The van der Waals surface area contributed by atoms with Gasteiger partial charge in [0.25, 0.3) is 11.5 Å². The average Bonchev–Trinajstić information content (AvgIpc) is 3.14. The van der Waals surface area contributed by atoms with Crippen LogP contribution in [0, 0.1) is 20.8 Å². The van der Waals surface area contributed by atoms with Crippen molar-refractivity contribution in [1.82, 2.24) is 9.38 Å². The Morgan fingerprint density at radius 1 is 1.03 bits per heavy atom. The molecule has 0 unspecified atom stereocenters. The largest absolute Gasteiger partial charge is 0.487 e. The van der Waals surface area contributed by atoms with Crippen LogP contribution in [0.5, 0.6) is 11.5 Å². The smallest absolute Gasteiger partial charge is 0.262 e. The van der Waals surface area contributed by atoms with Crippen molar-refractivity contribution in [2.45, 2.75) is 27.4 Å². The van der Waals surface area contributed by atoms with E-state index in [0.29, 0.717) is 27.8 Å². The van der Waals surface area contributed by atoms with E-state index in [-0.39, 0.29) is 24.7 Å². The normalized spacial score (nSPS) is 10.8. The lowest BCUT2D eigenvalue weighted by atomic mass is 10.2. The first kappa shape index (κ1) is 21.6. The Morgan fingerprint density at radius 2 is 1.81 bits per heavy atom. The third-order valence-corrected chi connectivity index (χ3v) is 5.73. The molecule has 0 aliphatic heterocycles. The molecule has 164 valence electrons. The lowest BCUT2D eigenvalue weighted by Gasteiger charge is -2.12. The molecule has 0 aliphatic carbocycles. The molecule has 2 heterocycles. The third-order valence-electron chi connectivity index (χ3n) is 4.84. The van der Waals surface area contributed by atoms with Crippen molar-refractivity contribution in [3.63, 3.8) is 0 Å². The van der Waals surface area contributed by atoms with E-state index < -0.39 is 0 Å². The van der Waals surface area contributed by atoms with Crippen molar-refractivity contribution < 1.29 is 14.3 Å². The number of fused-ring (bicyclic) bond motifs is 1. The molecule has 2 aromatic heterocycles. The van der Waals surface area contributed by atoms with Gasteiger partial charge in [0.2, 0.25) is 0 Å². The van der Waals surface area contributed by atoms with Gasteiger partial charge in [-0.15, -0.1) is 11.3 Å². The zero-order valence-electron chi connectivity index (χ0n) is 18.0. The maximum Gasteiger partial charge on any atom is 0.262 e. The number of anilines is 1. The summed E-state index contributed by atoms with van der Waals surface area (Å²) >= 11 is 1.46. The van der Waals surface area contributed by atoms with Crippen LogP contribution in [-0.2, 0) is 11.4 Å². The number of hydrogen-bond donors (Lipinski definition) is 1. The van der Waals surface area contributed by atoms with Crippen molar-refractivity contribution in [3.05, 3.63) is 86.8 Å². The molecule has 4 aromatic rings. The van der Waals surface area contributed by atoms with E-state index in [1.807, 2.05) is 51.1 Å². The SMILES string of the molecule is Cc1cn2c(=O)cc(COc3cc(NC(=O)COc4ccccc4C)ccc3C)nc2s1. The Kier molecular flexibility index (Phi) is 6.23. The van der Waals surface area contributed by atoms with E-state index in [9.17, 15) is 9.59 Å². The highest BCUT2D eigenvalue weighted by molar-refractivity contribution is 7.16. The lowest BCUT2D eigenvalue weighted by Crippen LogP contribution is -2.20. The Bertz CT molecular complexity index is 1340. The minimum Gasteiger partial charge on any atom is -0.487 e. The average molecular weight is 450 g/mol. The van der Waals surface area contributed by atoms with Gasteiger partial charge in [-0.3, -0.25) is 14.0 Å². The number of aryl methyl sites for hydroxylation is 3. The van der Waals surface area contributed by atoms with Gasteiger partial charge in [0, 0.05) is 28.9 Å². The van der Waals surface area contributed by atoms with Crippen LogP contribution in [0.25, 0.3) is 4.96 Å². The molecule has 7 nitrogen and oxygen atoms in total. The third kappa shape index (κ3) is 4.97. The van der Waals surface area contributed by atoms with Gasteiger partial charge >= 0.3 is 0 Å². The van der Waals surface area contributed by atoms with E-state index in [2.05, 4.69) is 10.3 Å². The van der Waals surface area contributed by atoms with E-state index in [0.717, 1.165) is 16.0 Å². The number of aromatic nitrogens is 2. The summed E-state index contributed by atoms with van der Waals surface area (Å²) < 4.78 is 13.0. The molecule has 8 heteroatoms. The summed E-state index contributed by atoms with van der Waals surface area (Å²) in [7, 11) is 0. The minimum absolute atomic E-state index is 0.0942. The number of thiazole rings is 1.